The molecule has 0 saturated carbocycles. The molecule has 5 nitrogen and oxygen atoms in total. The number of nitrogens with one attached hydrogen (secondary N) is 1. The minimum absolute atomic E-state index is 0.0626. The molecule has 1 aromatic carbocycles. The summed E-state index contributed by atoms with van der Waals surface area (Å²) in [6.45, 7) is 4.94. The number of carbonyl (C=O) groups excluding carboxylic acids is 1. The van der Waals surface area contributed by atoms with Crippen LogP contribution in [-0.2, 0) is 4.79 Å². The van der Waals surface area contributed by atoms with Gasteiger partial charge in [0, 0.05) is 38.4 Å². The van der Waals surface area contributed by atoms with Crippen molar-refractivity contribution in [1.29, 1.82) is 0 Å². The first-order chi connectivity index (χ1) is 12.2. The van der Waals surface area contributed by atoms with E-state index in [2.05, 4.69) is 10.3 Å². The van der Waals surface area contributed by atoms with E-state index in [0.717, 1.165) is 37.4 Å². The molecule has 0 radical (unpaired) electrons. The summed E-state index contributed by atoms with van der Waals surface area (Å²) in [7, 11) is 0. The zero-order valence-corrected chi connectivity index (χ0v) is 14.6. The lowest BCUT2D eigenvalue weighted by atomic mass is 10.0. The smallest absolute Gasteiger partial charge is 0.223 e. The zero-order valence-electron chi connectivity index (χ0n) is 14.6. The van der Waals surface area contributed by atoms with Crippen molar-refractivity contribution in [1.82, 2.24) is 15.2 Å². The third-order valence-electron chi connectivity index (χ3n) is 4.43. The Morgan fingerprint density at radius 3 is 3.08 bits per heavy atom. The van der Waals surface area contributed by atoms with Gasteiger partial charge in [0.1, 0.15) is 5.75 Å². The molecular formula is C20H25N3O2. The van der Waals surface area contributed by atoms with Crippen molar-refractivity contribution in [2.45, 2.75) is 25.8 Å². The van der Waals surface area contributed by atoms with Crippen molar-refractivity contribution in [3.63, 3.8) is 0 Å². The van der Waals surface area contributed by atoms with Gasteiger partial charge in [0.05, 0.1) is 12.6 Å². The third kappa shape index (κ3) is 4.79. The number of piperazine rings is 1. The summed E-state index contributed by atoms with van der Waals surface area (Å²) >= 11 is 0. The summed E-state index contributed by atoms with van der Waals surface area (Å²) in [5.41, 5.74) is 2.26. The molecule has 1 fully saturated rings. The van der Waals surface area contributed by atoms with Crippen molar-refractivity contribution in [2.75, 3.05) is 26.2 Å². The molecule has 1 aromatic heterocycles. The highest BCUT2D eigenvalue weighted by atomic mass is 16.5. The first-order valence-corrected chi connectivity index (χ1v) is 8.83. The monoisotopic (exact) mass is 339 g/mol. The maximum Gasteiger partial charge on any atom is 0.223 e. The van der Waals surface area contributed by atoms with E-state index < -0.39 is 0 Å². The summed E-state index contributed by atoms with van der Waals surface area (Å²) in [6, 6.07) is 12.0. The van der Waals surface area contributed by atoms with Gasteiger partial charge in [0.2, 0.25) is 5.91 Å². The third-order valence-corrected chi connectivity index (χ3v) is 4.43. The molecule has 1 aliphatic heterocycles. The Hall–Kier alpha value is -2.40. The van der Waals surface area contributed by atoms with Gasteiger partial charge in [0.15, 0.2) is 0 Å². The number of carbonyl (C=O) groups is 1. The summed E-state index contributed by atoms with van der Waals surface area (Å²) in [5, 5.41) is 3.37. The normalized spacial score (nSPS) is 17.3. The van der Waals surface area contributed by atoms with Gasteiger partial charge in [-0.15, -0.1) is 0 Å². The number of amides is 1. The van der Waals surface area contributed by atoms with Crippen LogP contribution in [0.3, 0.4) is 0 Å². The highest BCUT2D eigenvalue weighted by molar-refractivity contribution is 5.76. The molecule has 0 spiro atoms. The van der Waals surface area contributed by atoms with E-state index in [1.807, 2.05) is 54.4 Å². The van der Waals surface area contributed by atoms with Crippen LogP contribution >= 0.6 is 0 Å². The molecule has 1 aliphatic rings. The summed E-state index contributed by atoms with van der Waals surface area (Å²) < 4.78 is 5.74. The fourth-order valence-electron chi connectivity index (χ4n) is 3.14. The Morgan fingerprint density at radius 1 is 1.36 bits per heavy atom. The fraction of sp³-hybridized carbons (Fsp3) is 0.400. The number of ether oxygens (including phenoxy) is 1. The molecule has 132 valence electrons. The van der Waals surface area contributed by atoms with Crippen LogP contribution in [0.25, 0.3) is 0 Å². The molecule has 3 rings (SSSR count). The first kappa shape index (κ1) is 17.4. The van der Waals surface area contributed by atoms with Gasteiger partial charge in [-0.25, -0.2) is 0 Å². The predicted octanol–water partition coefficient (Wildman–Crippen LogP) is 2.72. The molecule has 1 atom stereocenters. The average Bonchev–Trinajstić information content (AvgIpc) is 2.66. The summed E-state index contributed by atoms with van der Waals surface area (Å²) in [6.07, 6.45) is 4.83. The number of hydrogen-bond donors (Lipinski definition) is 1. The molecule has 0 aliphatic carbocycles. The molecule has 1 N–H and O–H groups in total. The second-order valence-corrected chi connectivity index (χ2v) is 6.36. The molecule has 2 aromatic rings. The first-order valence-electron chi connectivity index (χ1n) is 8.83. The van der Waals surface area contributed by atoms with Crippen LogP contribution in [0.1, 0.15) is 30.0 Å². The van der Waals surface area contributed by atoms with Gasteiger partial charge in [-0.2, -0.15) is 0 Å². The Morgan fingerprint density at radius 2 is 2.28 bits per heavy atom. The van der Waals surface area contributed by atoms with Crippen molar-refractivity contribution < 1.29 is 9.53 Å². The Bertz CT molecular complexity index is 690. The van der Waals surface area contributed by atoms with E-state index in [1.54, 1.807) is 6.20 Å². The van der Waals surface area contributed by atoms with Crippen LogP contribution in [0.5, 0.6) is 5.75 Å². The number of rotatable bonds is 6. The lowest BCUT2D eigenvalue weighted by molar-refractivity contribution is -0.134. The lowest BCUT2D eigenvalue weighted by Crippen LogP contribution is -2.48. The van der Waals surface area contributed by atoms with Crippen LogP contribution < -0.4 is 10.1 Å². The van der Waals surface area contributed by atoms with Gasteiger partial charge in [-0.05, 0) is 42.7 Å². The number of aryl methyl sites for hydroxylation is 1. The van der Waals surface area contributed by atoms with Gasteiger partial charge < -0.3 is 15.0 Å². The fourth-order valence-corrected chi connectivity index (χ4v) is 3.14. The Balaban J connectivity index is 1.51. The molecule has 0 bridgehead atoms. The van der Waals surface area contributed by atoms with E-state index >= 15 is 0 Å². The van der Waals surface area contributed by atoms with Gasteiger partial charge in [-0.1, -0.05) is 18.2 Å². The van der Waals surface area contributed by atoms with E-state index in [9.17, 15) is 4.79 Å². The highest BCUT2D eigenvalue weighted by Gasteiger charge is 2.27. The zero-order chi connectivity index (χ0) is 17.5. The Kier molecular flexibility index (Phi) is 6.01. The van der Waals surface area contributed by atoms with Gasteiger partial charge >= 0.3 is 0 Å². The molecule has 1 amide bonds. The largest absolute Gasteiger partial charge is 0.494 e. The highest BCUT2D eigenvalue weighted by Crippen LogP contribution is 2.22. The van der Waals surface area contributed by atoms with Crippen LogP contribution in [0.4, 0.5) is 0 Å². The maximum atomic E-state index is 12.7. The van der Waals surface area contributed by atoms with Gasteiger partial charge in [0.25, 0.3) is 0 Å². The van der Waals surface area contributed by atoms with Crippen molar-refractivity contribution >= 4 is 5.91 Å². The molecule has 1 saturated heterocycles. The van der Waals surface area contributed by atoms with Crippen LogP contribution in [-0.4, -0.2) is 42.0 Å². The number of nitrogens with zero attached hydrogens (tertiary/aromatic N) is 2. The second kappa shape index (κ2) is 8.62. The van der Waals surface area contributed by atoms with Crippen molar-refractivity contribution in [2.24, 2.45) is 0 Å². The average molecular weight is 339 g/mol. The maximum absolute atomic E-state index is 12.7. The second-order valence-electron chi connectivity index (χ2n) is 6.36. The van der Waals surface area contributed by atoms with E-state index in [0.29, 0.717) is 13.0 Å². The van der Waals surface area contributed by atoms with Gasteiger partial charge in [-0.3, -0.25) is 9.78 Å². The number of aromatic nitrogens is 1. The molecule has 1 unspecified atom stereocenters. The summed E-state index contributed by atoms with van der Waals surface area (Å²) in [5.74, 6) is 1.05. The lowest BCUT2D eigenvalue weighted by Gasteiger charge is -2.36. The van der Waals surface area contributed by atoms with Crippen molar-refractivity contribution in [3.05, 3.63) is 59.9 Å². The van der Waals surface area contributed by atoms with Crippen LogP contribution in [0.15, 0.2) is 48.8 Å². The van der Waals surface area contributed by atoms with Crippen LogP contribution in [0, 0.1) is 6.92 Å². The standard InChI is InChI=1S/C20H25N3O2/c1-16-5-2-7-18(13-16)25-12-4-8-20(24)23-11-10-22-15-19(23)17-6-3-9-21-14-17/h2-3,5-7,9,13-14,19,22H,4,8,10-12,15H2,1H3. The molecule has 5 heteroatoms. The number of benzene rings is 1. The topological polar surface area (TPSA) is 54.5 Å². The minimum atomic E-state index is 0.0626. The molecular weight excluding hydrogens is 314 g/mol. The van der Waals surface area contributed by atoms with E-state index in [4.69, 9.17) is 4.74 Å². The van der Waals surface area contributed by atoms with Crippen LogP contribution in [0.2, 0.25) is 0 Å². The summed E-state index contributed by atoms with van der Waals surface area (Å²) in [4.78, 5) is 18.8. The number of hydrogen-bond acceptors (Lipinski definition) is 4. The quantitative estimate of drug-likeness (QED) is 0.822. The minimum Gasteiger partial charge on any atom is -0.494 e. The SMILES string of the molecule is Cc1cccc(OCCCC(=O)N2CCNCC2c2cccnc2)c1. The van der Waals surface area contributed by atoms with Crippen molar-refractivity contribution in [3.8, 4) is 5.75 Å². The van der Waals surface area contributed by atoms with E-state index in [1.165, 1.54) is 5.56 Å². The molecule has 2 heterocycles. The van der Waals surface area contributed by atoms with E-state index in [-0.39, 0.29) is 11.9 Å². The molecule has 25 heavy (non-hydrogen) atoms. The predicted molar refractivity (Wildman–Crippen MR) is 97.5 cm³/mol. The Labute approximate surface area is 149 Å². The number of pyridine rings is 1.